The molecule has 23 heavy (non-hydrogen) atoms. The van der Waals surface area contributed by atoms with Crippen LogP contribution in [-0.2, 0) is 4.74 Å². The van der Waals surface area contributed by atoms with Crippen molar-refractivity contribution in [3.8, 4) is 11.5 Å². The molecule has 5 heteroatoms. The summed E-state index contributed by atoms with van der Waals surface area (Å²) >= 11 is 0. The van der Waals surface area contributed by atoms with E-state index in [1.165, 1.54) is 26.4 Å². The van der Waals surface area contributed by atoms with Crippen LogP contribution in [0.2, 0.25) is 0 Å². The Bertz CT molecular complexity index is 796. The van der Waals surface area contributed by atoms with E-state index in [0.717, 1.165) is 5.57 Å². The molecule has 0 radical (unpaired) electrons. The monoisotopic (exact) mass is 314 g/mol. The van der Waals surface area contributed by atoms with E-state index in [2.05, 4.69) is 0 Å². The molecule has 0 unspecified atom stereocenters. The number of benzene rings is 2. The third kappa shape index (κ3) is 2.77. The van der Waals surface area contributed by atoms with Crippen LogP contribution in [0.3, 0.4) is 0 Å². The molecule has 0 spiro atoms. The first-order valence-electron chi connectivity index (χ1n) is 7.03. The van der Waals surface area contributed by atoms with Crippen LogP contribution in [0.15, 0.2) is 42.5 Å². The van der Waals surface area contributed by atoms with E-state index in [4.69, 9.17) is 14.2 Å². The molecule has 0 atom stereocenters. The van der Waals surface area contributed by atoms with Crippen LogP contribution in [0.1, 0.15) is 21.5 Å². The number of halogens is 1. The van der Waals surface area contributed by atoms with Gasteiger partial charge in [-0.05, 0) is 48.0 Å². The summed E-state index contributed by atoms with van der Waals surface area (Å²) in [6.45, 7) is 0.361. The summed E-state index contributed by atoms with van der Waals surface area (Å²) in [4.78, 5) is 11.8. The van der Waals surface area contributed by atoms with Gasteiger partial charge in [0.2, 0.25) is 0 Å². The molecule has 0 N–H and O–H groups in total. The van der Waals surface area contributed by atoms with E-state index in [0.29, 0.717) is 34.8 Å². The summed E-state index contributed by atoms with van der Waals surface area (Å²) in [5.74, 6) is 0.373. The molecule has 0 saturated carbocycles. The fourth-order valence-electron chi connectivity index (χ4n) is 2.58. The van der Waals surface area contributed by atoms with E-state index in [-0.39, 0.29) is 5.82 Å². The second-order valence-corrected chi connectivity index (χ2v) is 4.98. The number of methoxy groups -OCH3 is 2. The number of esters is 1. The number of ether oxygens (including phenoxy) is 3. The van der Waals surface area contributed by atoms with Crippen LogP contribution < -0.4 is 9.47 Å². The second-order valence-electron chi connectivity index (χ2n) is 4.98. The highest BCUT2D eigenvalue weighted by atomic mass is 19.1. The lowest BCUT2D eigenvalue weighted by Gasteiger charge is -2.21. The molecule has 1 aliphatic rings. The van der Waals surface area contributed by atoms with Gasteiger partial charge in [0.1, 0.15) is 23.9 Å². The predicted octanol–water partition coefficient (Wildman–Crippen LogP) is 3.45. The standard InChI is InChI=1S/C18H15FO4/c1-21-16-6-4-12(19)10-15(16)13-7-8-23-17-5-3-11(9-14(13)17)18(20)22-2/h3-7,9-10H,8H2,1-2H3. The molecular weight excluding hydrogens is 299 g/mol. The molecule has 1 heterocycles. The van der Waals surface area contributed by atoms with Gasteiger partial charge in [0, 0.05) is 11.1 Å². The van der Waals surface area contributed by atoms with Gasteiger partial charge in [0.25, 0.3) is 0 Å². The molecular formula is C18H15FO4. The van der Waals surface area contributed by atoms with Crippen molar-refractivity contribution in [2.24, 2.45) is 0 Å². The first-order valence-corrected chi connectivity index (χ1v) is 7.03. The minimum atomic E-state index is -0.441. The maximum absolute atomic E-state index is 13.7. The zero-order valence-corrected chi connectivity index (χ0v) is 12.8. The Labute approximate surface area is 133 Å². The molecule has 0 amide bonds. The Hall–Kier alpha value is -2.82. The van der Waals surface area contributed by atoms with Crippen LogP contribution in [-0.4, -0.2) is 26.8 Å². The number of hydrogen-bond donors (Lipinski definition) is 0. The average Bonchev–Trinajstić information content (AvgIpc) is 2.60. The zero-order chi connectivity index (χ0) is 16.4. The van der Waals surface area contributed by atoms with Gasteiger partial charge in [-0.15, -0.1) is 0 Å². The van der Waals surface area contributed by atoms with E-state index in [1.54, 1.807) is 24.3 Å². The highest BCUT2D eigenvalue weighted by Crippen LogP contribution is 2.38. The lowest BCUT2D eigenvalue weighted by atomic mass is 9.93. The molecule has 0 saturated heterocycles. The third-order valence-corrected chi connectivity index (χ3v) is 3.67. The Kier molecular flexibility index (Phi) is 4.02. The first kappa shape index (κ1) is 15.1. The Balaban J connectivity index is 2.15. The Morgan fingerprint density at radius 2 is 1.96 bits per heavy atom. The minimum Gasteiger partial charge on any atom is -0.496 e. The van der Waals surface area contributed by atoms with Gasteiger partial charge in [-0.25, -0.2) is 9.18 Å². The largest absolute Gasteiger partial charge is 0.496 e. The maximum atomic E-state index is 13.7. The van der Waals surface area contributed by atoms with E-state index >= 15 is 0 Å². The fourth-order valence-corrected chi connectivity index (χ4v) is 2.58. The molecule has 0 bridgehead atoms. The van der Waals surface area contributed by atoms with Crippen molar-refractivity contribution >= 4 is 11.5 Å². The third-order valence-electron chi connectivity index (χ3n) is 3.67. The number of carbonyl (C=O) groups excluding carboxylic acids is 1. The van der Waals surface area contributed by atoms with Crippen LogP contribution in [0.4, 0.5) is 4.39 Å². The number of hydrogen-bond acceptors (Lipinski definition) is 4. The molecule has 3 rings (SSSR count). The van der Waals surface area contributed by atoms with Crippen molar-refractivity contribution < 1.29 is 23.4 Å². The fraction of sp³-hybridized carbons (Fsp3) is 0.167. The minimum absolute atomic E-state index is 0.361. The van der Waals surface area contributed by atoms with Crippen LogP contribution >= 0.6 is 0 Å². The molecule has 2 aromatic rings. The number of carbonyl (C=O) groups is 1. The van der Waals surface area contributed by atoms with Gasteiger partial charge in [-0.3, -0.25) is 0 Å². The van der Waals surface area contributed by atoms with Gasteiger partial charge in [0.15, 0.2) is 0 Å². The maximum Gasteiger partial charge on any atom is 0.337 e. The zero-order valence-electron chi connectivity index (χ0n) is 12.8. The smallest absolute Gasteiger partial charge is 0.337 e. The second kappa shape index (κ2) is 6.12. The van der Waals surface area contributed by atoms with E-state index in [9.17, 15) is 9.18 Å². The lowest BCUT2D eigenvalue weighted by Crippen LogP contribution is -2.09. The summed E-state index contributed by atoms with van der Waals surface area (Å²) in [6, 6.07) is 9.34. The Morgan fingerprint density at radius 3 is 2.70 bits per heavy atom. The summed E-state index contributed by atoms with van der Waals surface area (Å²) in [7, 11) is 2.85. The van der Waals surface area contributed by atoms with Crippen molar-refractivity contribution in [1.82, 2.24) is 0 Å². The molecule has 2 aromatic carbocycles. The topological polar surface area (TPSA) is 44.8 Å². The number of fused-ring (bicyclic) bond motifs is 1. The molecule has 0 aliphatic carbocycles. The van der Waals surface area contributed by atoms with Crippen LogP contribution in [0.25, 0.3) is 5.57 Å². The summed E-state index contributed by atoms with van der Waals surface area (Å²) in [5, 5.41) is 0. The van der Waals surface area contributed by atoms with Crippen molar-refractivity contribution in [3.05, 3.63) is 65.0 Å². The highest BCUT2D eigenvalue weighted by molar-refractivity contribution is 5.93. The predicted molar refractivity (Wildman–Crippen MR) is 83.3 cm³/mol. The molecule has 1 aliphatic heterocycles. The van der Waals surface area contributed by atoms with Gasteiger partial charge in [-0.2, -0.15) is 0 Å². The molecule has 0 aromatic heterocycles. The van der Waals surface area contributed by atoms with E-state index in [1.807, 2.05) is 6.08 Å². The van der Waals surface area contributed by atoms with E-state index < -0.39 is 5.97 Å². The van der Waals surface area contributed by atoms with Gasteiger partial charge < -0.3 is 14.2 Å². The Morgan fingerprint density at radius 1 is 1.13 bits per heavy atom. The van der Waals surface area contributed by atoms with Gasteiger partial charge >= 0.3 is 5.97 Å². The highest BCUT2D eigenvalue weighted by Gasteiger charge is 2.21. The van der Waals surface area contributed by atoms with Gasteiger partial charge in [0.05, 0.1) is 19.8 Å². The summed E-state index contributed by atoms with van der Waals surface area (Å²) < 4.78 is 29.3. The SMILES string of the molecule is COC(=O)c1ccc2c(c1)C(c1cc(F)ccc1OC)=CCO2. The normalized spacial score (nSPS) is 12.7. The first-order chi connectivity index (χ1) is 11.1. The van der Waals surface area contributed by atoms with Gasteiger partial charge in [-0.1, -0.05) is 0 Å². The van der Waals surface area contributed by atoms with Crippen molar-refractivity contribution in [2.45, 2.75) is 0 Å². The summed E-state index contributed by atoms with van der Waals surface area (Å²) in [6.07, 6.45) is 1.83. The lowest BCUT2D eigenvalue weighted by molar-refractivity contribution is 0.0600. The molecule has 4 nitrogen and oxygen atoms in total. The molecule has 0 fully saturated rings. The quantitative estimate of drug-likeness (QED) is 0.814. The van der Waals surface area contributed by atoms with Crippen LogP contribution in [0, 0.1) is 5.82 Å². The van der Waals surface area contributed by atoms with Crippen molar-refractivity contribution in [3.63, 3.8) is 0 Å². The van der Waals surface area contributed by atoms with Crippen molar-refractivity contribution in [2.75, 3.05) is 20.8 Å². The van der Waals surface area contributed by atoms with Crippen LogP contribution in [0.5, 0.6) is 11.5 Å². The summed E-state index contributed by atoms with van der Waals surface area (Å²) in [5.41, 5.74) is 2.47. The van der Waals surface area contributed by atoms with Crippen molar-refractivity contribution in [1.29, 1.82) is 0 Å². The molecule has 118 valence electrons. The average molecular weight is 314 g/mol. The number of rotatable bonds is 3.